The van der Waals surface area contributed by atoms with Crippen molar-refractivity contribution in [3.8, 4) is 11.5 Å². The van der Waals surface area contributed by atoms with E-state index in [1.807, 2.05) is 20.2 Å². The number of ether oxygens (including phenoxy) is 2. The lowest BCUT2D eigenvalue weighted by molar-refractivity contribution is 0.0961. The number of ketones is 1. The molecule has 1 aliphatic heterocycles. The van der Waals surface area contributed by atoms with Gasteiger partial charge in [-0.25, -0.2) is 0 Å². The fraction of sp³-hybridized carbons (Fsp3) is 0.462. The maximum Gasteiger partial charge on any atom is 0.203 e. The number of carbonyl (C=O) groups is 1. The SMILES string of the molecule is CN(C)CCCOc1ccc2c(c1)OCC2=O. The first-order valence-corrected chi connectivity index (χ1v) is 5.74. The molecule has 0 unspecified atom stereocenters. The second kappa shape index (κ2) is 5.19. The molecule has 92 valence electrons. The van der Waals surface area contributed by atoms with Crippen LogP contribution < -0.4 is 9.47 Å². The molecule has 1 aromatic rings. The van der Waals surface area contributed by atoms with Gasteiger partial charge in [0.2, 0.25) is 5.78 Å². The van der Waals surface area contributed by atoms with Gasteiger partial charge in [-0.3, -0.25) is 4.79 Å². The van der Waals surface area contributed by atoms with Gasteiger partial charge in [0.05, 0.1) is 12.2 Å². The summed E-state index contributed by atoms with van der Waals surface area (Å²) in [4.78, 5) is 13.5. The standard InChI is InChI=1S/C13H17NO3/c1-14(2)6-3-7-16-10-4-5-11-12(15)9-17-13(11)8-10/h4-5,8H,3,6-7,9H2,1-2H3. The van der Waals surface area contributed by atoms with Gasteiger partial charge in [0.15, 0.2) is 6.61 Å². The highest BCUT2D eigenvalue weighted by Gasteiger charge is 2.21. The molecule has 4 heteroatoms. The summed E-state index contributed by atoms with van der Waals surface area (Å²) in [6, 6.07) is 5.38. The van der Waals surface area contributed by atoms with Crippen molar-refractivity contribution in [2.45, 2.75) is 6.42 Å². The molecule has 0 N–H and O–H groups in total. The third kappa shape index (κ3) is 2.97. The Kier molecular flexibility index (Phi) is 3.64. The quantitative estimate of drug-likeness (QED) is 0.726. The van der Waals surface area contributed by atoms with Crippen LogP contribution in [0.4, 0.5) is 0 Å². The molecule has 0 atom stereocenters. The van der Waals surface area contributed by atoms with E-state index in [4.69, 9.17) is 9.47 Å². The monoisotopic (exact) mass is 235 g/mol. The Morgan fingerprint density at radius 2 is 2.24 bits per heavy atom. The predicted octanol–water partition coefficient (Wildman–Crippen LogP) is 1.59. The first kappa shape index (κ1) is 11.9. The van der Waals surface area contributed by atoms with Crippen LogP contribution in [-0.4, -0.2) is 44.5 Å². The van der Waals surface area contributed by atoms with E-state index in [0.717, 1.165) is 18.7 Å². The smallest absolute Gasteiger partial charge is 0.203 e. The largest absolute Gasteiger partial charge is 0.493 e. The van der Waals surface area contributed by atoms with Crippen LogP contribution in [0.1, 0.15) is 16.8 Å². The Morgan fingerprint density at radius 3 is 3.00 bits per heavy atom. The van der Waals surface area contributed by atoms with Crippen molar-refractivity contribution in [1.29, 1.82) is 0 Å². The normalized spacial score (nSPS) is 13.7. The molecule has 0 saturated heterocycles. The van der Waals surface area contributed by atoms with Crippen LogP contribution in [0.15, 0.2) is 18.2 Å². The predicted molar refractivity (Wildman–Crippen MR) is 64.9 cm³/mol. The van der Waals surface area contributed by atoms with Crippen molar-refractivity contribution in [2.75, 3.05) is 33.9 Å². The van der Waals surface area contributed by atoms with E-state index in [0.29, 0.717) is 17.9 Å². The zero-order valence-corrected chi connectivity index (χ0v) is 10.2. The Balaban J connectivity index is 1.88. The molecule has 0 fully saturated rings. The Morgan fingerprint density at radius 1 is 1.41 bits per heavy atom. The Labute approximate surface area is 101 Å². The van der Waals surface area contributed by atoms with Crippen LogP contribution in [0.5, 0.6) is 11.5 Å². The van der Waals surface area contributed by atoms with Crippen LogP contribution in [0.25, 0.3) is 0 Å². The maximum atomic E-state index is 11.3. The van der Waals surface area contributed by atoms with Crippen molar-refractivity contribution in [1.82, 2.24) is 4.90 Å². The molecule has 2 rings (SSSR count). The fourth-order valence-electron chi connectivity index (χ4n) is 1.73. The van der Waals surface area contributed by atoms with E-state index in [1.54, 1.807) is 12.1 Å². The van der Waals surface area contributed by atoms with Gasteiger partial charge < -0.3 is 14.4 Å². The van der Waals surface area contributed by atoms with E-state index in [2.05, 4.69) is 4.90 Å². The molecule has 1 aromatic carbocycles. The molecule has 0 saturated carbocycles. The summed E-state index contributed by atoms with van der Waals surface area (Å²) in [7, 11) is 4.07. The van der Waals surface area contributed by atoms with Gasteiger partial charge in [-0.05, 0) is 32.6 Å². The summed E-state index contributed by atoms with van der Waals surface area (Å²) in [5.74, 6) is 1.44. The lowest BCUT2D eigenvalue weighted by Crippen LogP contribution is -2.15. The number of hydrogen-bond donors (Lipinski definition) is 0. The molecular weight excluding hydrogens is 218 g/mol. The topological polar surface area (TPSA) is 38.8 Å². The number of nitrogens with zero attached hydrogens (tertiary/aromatic N) is 1. The highest BCUT2D eigenvalue weighted by Crippen LogP contribution is 2.29. The van der Waals surface area contributed by atoms with Gasteiger partial charge in [-0.15, -0.1) is 0 Å². The summed E-state index contributed by atoms with van der Waals surface area (Å²) in [6.45, 7) is 1.82. The van der Waals surface area contributed by atoms with Gasteiger partial charge in [0, 0.05) is 12.6 Å². The molecule has 0 bridgehead atoms. The minimum atomic E-state index is 0.0409. The highest BCUT2D eigenvalue weighted by atomic mass is 16.5. The zero-order valence-electron chi connectivity index (χ0n) is 10.2. The fourth-order valence-corrected chi connectivity index (χ4v) is 1.73. The van der Waals surface area contributed by atoms with Crippen LogP contribution in [0.2, 0.25) is 0 Å². The third-order valence-electron chi connectivity index (χ3n) is 2.63. The average molecular weight is 235 g/mol. The van der Waals surface area contributed by atoms with Crippen LogP contribution in [-0.2, 0) is 0 Å². The first-order valence-electron chi connectivity index (χ1n) is 5.74. The molecule has 17 heavy (non-hydrogen) atoms. The average Bonchev–Trinajstić information content (AvgIpc) is 2.66. The van der Waals surface area contributed by atoms with Crippen LogP contribution in [0, 0.1) is 0 Å². The lowest BCUT2D eigenvalue weighted by Gasteiger charge is -2.10. The zero-order chi connectivity index (χ0) is 12.3. The molecule has 0 aliphatic carbocycles. The van der Waals surface area contributed by atoms with Gasteiger partial charge in [0.1, 0.15) is 11.5 Å². The maximum absolute atomic E-state index is 11.3. The van der Waals surface area contributed by atoms with E-state index in [1.165, 1.54) is 0 Å². The van der Waals surface area contributed by atoms with Gasteiger partial charge >= 0.3 is 0 Å². The minimum Gasteiger partial charge on any atom is -0.493 e. The third-order valence-corrected chi connectivity index (χ3v) is 2.63. The molecule has 0 amide bonds. The van der Waals surface area contributed by atoms with E-state index in [9.17, 15) is 4.79 Å². The van der Waals surface area contributed by atoms with Gasteiger partial charge in [-0.1, -0.05) is 0 Å². The number of Topliss-reactive ketones (excluding diaryl/α,β-unsaturated/α-hetero) is 1. The summed E-state index contributed by atoms with van der Waals surface area (Å²) in [5.41, 5.74) is 0.658. The highest BCUT2D eigenvalue weighted by molar-refractivity contribution is 6.02. The van der Waals surface area contributed by atoms with Crippen molar-refractivity contribution >= 4 is 5.78 Å². The van der Waals surface area contributed by atoms with Crippen molar-refractivity contribution < 1.29 is 14.3 Å². The van der Waals surface area contributed by atoms with E-state index < -0.39 is 0 Å². The summed E-state index contributed by atoms with van der Waals surface area (Å²) in [5, 5.41) is 0. The van der Waals surface area contributed by atoms with E-state index >= 15 is 0 Å². The molecule has 1 heterocycles. The Hall–Kier alpha value is -1.55. The number of rotatable bonds is 5. The van der Waals surface area contributed by atoms with Crippen LogP contribution in [0.3, 0.4) is 0 Å². The second-order valence-corrected chi connectivity index (χ2v) is 4.38. The van der Waals surface area contributed by atoms with Crippen molar-refractivity contribution in [2.24, 2.45) is 0 Å². The first-order chi connectivity index (χ1) is 8.16. The molecule has 1 aliphatic rings. The van der Waals surface area contributed by atoms with Crippen molar-refractivity contribution in [3.05, 3.63) is 23.8 Å². The van der Waals surface area contributed by atoms with Gasteiger partial charge in [-0.2, -0.15) is 0 Å². The molecule has 4 nitrogen and oxygen atoms in total. The number of carbonyl (C=O) groups excluding carboxylic acids is 1. The van der Waals surface area contributed by atoms with Crippen LogP contribution >= 0.6 is 0 Å². The summed E-state index contributed by atoms with van der Waals surface area (Å²) < 4.78 is 10.9. The number of fused-ring (bicyclic) bond motifs is 1. The molecular formula is C13H17NO3. The summed E-state index contributed by atoms with van der Waals surface area (Å²) >= 11 is 0. The minimum absolute atomic E-state index is 0.0409. The van der Waals surface area contributed by atoms with Gasteiger partial charge in [0.25, 0.3) is 0 Å². The number of benzene rings is 1. The summed E-state index contributed by atoms with van der Waals surface area (Å²) in [6.07, 6.45) is 0.976. The van der Waals surface area contributed by atoms with E-state index in [-0.39, 0.29) is 12.4 Å². The number of hydrogen-bond acceptors (Lipinski definition) is 4. The Bertz CT molecular complexity index is 415. The van der Waals surface area contributed by atoms with Crippen molar-refractivity contribution in [3.63, 3.8) is 0 Å². The molecule has 0 spiro atoms. The molecule has 0 aromatic heterocycles. The lowest BCUT2D eigenvalue weighted by atomic mass is 10.1. The second-order valence-electron chi connectivity index (χ2n) is 4.38. The molecule has 0 radical (unpaired) electrons.